The average molecular weight is 300 g/mol. The van der Waals surface area contributed by atoms with Crippen LogP contribution in [0.3, 0.4) is 0 Å². The number of furan rings is 1. The van der Waals surface area contributed by atoms with Crippen molar-refractivity contribution in [2.45, 2.75) is 32.7 Å². The zero-order valence-corrected chi connectivity index (χ0v) is 12.7. The van der Waals surface area contributed by atoms with Gasteiger partial charge < -0.3 is 14.6 Å². The second-order valence-electron chi connectivity index (χ2n) is 5.48. The first kappa shape index (κ1) is 14.6. The third kappa shape index (κ3) is 3.27. The molecule has 0 bridgehead atoms. The third-order valence-corrected chi connectivity index (χ3v) is 3.85. The highest BCUT2D eigenvalue weighted by Crippen LogP contribution is 2.17. The molecule has 0 saturated carbocycles. The van der Waals surface area contributed by atoms with Crippen LogP contribution in [-0.2, 0) is 6.54 Å². The Morgan fingerprint density at radius 1 is 1.36 bits per heavy atom. The van der Waals surface area contributed by atoms with E-state index in [1.165, 1.54) is 19.3 Å². The number of aryl methyl sites for hydroxylation is 1. The van der Waals surface area contributed by atoms with Gasteiger partial charge in [-0.25, -0.2) is 9.97 Å². The van der Waals surface area contributed by atoms with Crippen molar-refractivity contribution in [2.75, 3.05) is 18.0 Å². The highest BCUT2D eigenvalue weighted by atomic mass is 16.3. The van der Waals surface area contributed by atoms with E-state index in [9.17, 15) is 4.79 Å². The van der Waals surface area contributed by atoms with E-state index < -0.39 is 0 Å². The van der Waals surface area contributed by atoms with Crippen LogP contribution in [0.4, 0.5) is 5.95 Å². The largest absolute Gasteiger partial charge is 0.467 e. The average Bonchev–Trinajstić information content (AvgIpc) is 3.07. The summed E-state index contributed by atoms with van der Waals surface area (Å²) in [5.74, 6) is 1.26. The molecular weight excluding hydrogens is 280 g/mol. The summed E-state index contributed by atoms with van der Waals surface area (Å²) in [7, 11) is 0. The smallest absolute Gasteiger partial charge is 0.255 e. The van der Waals surface area contributed by atoms with E-state index >= 15 is 0 Å². The van der Waals surface area contributed by atoms with E-state index in [1.54, 1.807) is 18.5 Å². The number of amides is 1. The molecule has 1 aliphatic rings. The van der Waals surface area contributed by atoms with Gasteiger partial charge in [0.05, 0.1) is 24.1 Å². The monoisotopic (exact) mass is 300 g/mol. The number of nitrogens with zero attached hydrogens (tertiary/aromatic N) is 3. The SMILES string of the molecule is Cc1nc(N2CCCCC2)ncc1C(=O)NCc1ccco1. The minimum absolute atomic E-state index is 0.181. The molecule has 6 heteroatoms. The summed E-state index contributed by atoms with van der Waals surface area (Å²) < 4.78 is 5.20. The van der Waals surface area contributed by atoms with E-state index in [0.717, 1.165) is 24.8 Å². The maximum Gasteiger partial charge on any atom is 0.255 e. The number of carbonyl (C=O) groups excluding carboxylic acids is 1. The van der Waals surface area contributed by atoms with Crippen LogP contribution in [0.2, 0.25) is 0 Å². The summed E-state index contributed by atoms with van der Waals surface area (Å²) in [5.41, 5.74) is 1.21. The fourth-order valence-corrected chi connectivity index (χ4v) is 2.60. The summed E-state index contributed by atoms with van der Waals surface area (Å²) >= 11 is 0. The van der Waals surface area contributed by atoms with Crippen LogP contribution in [0.15, 0.2) is 29.0 Å². The van der Waals surface area contributed by atoms with E-state index in [2.05, 4.69) is 20.2 Å². The van der Waals surface area contributed by atoms with Gasteiger partial charge in [-0.15, -0.1) is 0 Å². The molecule has 2 aromatic heterocycles. The van der Waals surface area contributed by atoms with Crippen molar-refractivity contribution in [1.82, 2.24) is 15.3 Å². The molecule has 1 fully saturated rings. The minimum atomic E-state index is -0.181. The second kappa shape index (κ2) is 6.60. The minimum Gasteiger partial charge on any atom is -0.467 e. The van der Waals surface area contributed by atoms with E-state index in [4.69, 9.17) is 4.42 Å². The number of anilines is 1. The predicted molar refractivity (Wildman–Crippen MR) is 82.7 cm³/mol. The normalized spacial score (nSPS) is 14.9. The predicted octanol–water partition coefficient (Wildman–Crippen LogP) is 2.30. The maximum atomic E-state index is 12.2. The molecule has 0 unspecified atom stereocenters. The lowest BCUT2D eigenvalue weighted by Crippen LogP contribution is -2.31. The van der Waals surface area contributed by atoms with Gasteiger partial charge in [0.1, 0.15) is 5.76 Å². The molecule has 0 aromatic carbocycles. The Morgan fingerprint density at radius 3 is 2.86 bits per heavy atom. The van der Waals surface area contributed by atoms with Crippen LogP contribution >= 0.6 is 0 Å². The molecule has 3 heterocycles. The summed E-state index contributed by atoms with van der Waals surface area (Å²) in [6.45, 7) is 4.18. The standard InChI is InChI=1S/C16H20N4O2/c1-12-14(15(21)17-10-13-6-5-9-22-13)11-18-16(19-12)20-7-3-2-4-8-20/h5-6,9,11H,2-4,7-8,10H2,1H3,(H,17,21). The lowest BCUT2D eigenvalue weighted by atomic mass is 10.1. The third-order valence-electron chi connectivity index (χ3n) is 3.85. The van der Waals surface area contributed by atoms with Crippen LogP contribution < -0.4 is 10.2 Å². The van der Waals surface area contributed by atoms with Crippen LogP contribution in [0.5, 0.6) is 0 Å². The van der Waals surface area contributed by atoms with Crippen molar-refractivity contribution >= 4 is 11.9 Å². The first-order chi connectivity index (χ1) is 10.7. The molecule has 0 aliphatic carbocycles. The molecular formula is C16H20N4O2. The number of nitrogens with one attached hydrogen (secondary N) is 1. The van der Waals surface area contributed by atoms with Crippen molar-refractivity contribution in [3.05, 3.63) is 41.6 Å². The van der Waals surface area contributed by atoms with Gasteiger partial charge in [0.25, 0.3) is 5.91 Å². The van der Waals surface area contributed by atoms with Crippen LogP contribution in [0, 0.1) is 6.92 Å². The van der Waals surface area contributed by atoms with Gasteiger partial charge in [0, 0.05) is 19.3 Å². The summed E-state index contributed by atoms with van der Waals surface area (Å²) in [6.07, 6.45) is 6.82. The molecule has 6 nitrogen and oxygen atoms in total. The van der Waals surface area contributed by atoms with Gasteiger partial charge >= 0.3 is 0 Å². The molecule has 0 radical (unpaired) electrons. The molecule has 1 aliphatic heterocycles. The quantitative estimate of drug-likeness (QED) is 0.938. The topological polar surface area (TPSA) is 71.3 Å². The fourth-order valence-electron chi connectivity index (χ4n) is 2.60. The molecule has 1 amide bonds. The molecule has 0 atom stereocenters. The fraction of sp³-hybridized carbons (Fsp3) is 0.438. The number of carbonyl (C=O) groups is 1. The van der Waals surface area contributed by atoms with Crippen molar-refractivity contribution in [3.8, 4) is 0 Å². The molecule has 1 saturated heterocycles. The Morgan fingerprint density at radius 2 is 2.18 bits per heavy atom. The van der Waals surface area contributed by atoms with Crippen molar-refractivity contribution in [1.29, 1.82) is 0 Å². The van der Waals surface area contributed by atoms with Crippen molar-refractivity contribution < 1.29 is 9.21 Å². The number of hydrogen-bond acceptors (Lipinski definition) is 5. The van der Waals surface area contributed by atoms with Gasteiger partial charge in [0.15, 0.2) is 0 Å². The highest BCUT2D eigenvalue weighted by Gasteiger charge is 2.17. The van der Waals surface area contributed by atoms with Crippen molar-refractivity contribution in [2.24, 2.45) is 0 Å². The summed E-state index contributed by atoms with van der Waals surface area (Å²) in [4.78, 5) is 23.2. The Balaban J connectivity index is 1.67. The molecule has 3 rings (SSSR count). The molecule has 1 N–H and O–H groups in total. The van der Waals surface area contributed by atoms with E-state index in [0.29, 0.717) is 17.8 Å². The Hall–Kier alpha value is -2.37. The lowest BCUT2D eigenvalue weighted by molar-refractivity contribution is 0.0946. The van der Waals surface area contributed by atoms with Gasteiger partial charge in [-0.05, 0) is 38.3 Å². The zero-order chi connectivity index (χ0) is 15.4. The Kier molecular flexibility index (Phi) is 4.37. The Bertz CT molecular complexity index is 634. The maximum absolute atomic E-state index is 12.2. The molecule has 2 aromatic rings. The molecule has 116 valence electrons. The van der Waals surface area contributed by atoms with Gasteiger partial charge in [-0.1, -0.05) is 0 Å². The van der Waals surface area contributed by atoms with E-state index in [1.807, 2.05) is 13.0 Å². The van der Waals surface area contributed by atoms with E-state index in [-0.39, 0.29) is 5.91 Å². The van der Waals surface area contributed by atoms with Crippen LogP contribution in [0.1, 0.15) is 41.1 Å². The first-order valence-corrected chi connectivity index (χ1v) is 7.63. The lowest BCUT2D eigenvalue weighted by Gasteiger charge is -2.26. The first-order valence-electron chi connectivity index (χ1n) is 7.63. The van der Waals surface area contributed by atoms with Gasteiger partial charge in [-0.3, -0.25) is 4.79 Å². The number of hydrogen-bond donors (Lipinski definition) is 1. The van der Waals surface area contributed by atoms with Crippen LogP contribution in [-0.4, -0.2) is 29.0 Å². The number of rotatable bonds is 4. The second-order valence-corrected chi connectivity index (χ2v) is 5.48. The highest BCUT2D eigenvalue weighted by molar-refractivity contribution is 5.94. The summed E-state index contributed by atoms with van der Waals surface area (Å²) in [5, 5.41) is 2.81. The van der Waals surface area contributed by atoms with Gasteiger partial charge in [-0.2, -0.15) is 0 Å². The number of aromatic nitrogens is 2. The molecule has 0 spiro atoms. The summed E-state index contributed by atoms with van der Waals surface area (Å²) in [6, 6.07) is 3.62. The zero-order valence-electron chi connectivity index (χ0n) is 12.7. The van der Waals surface area contributed by atoms with Crippen LogP contribution in [0.25, 0.3) is 0 Å². The number of piperidine rings is 1. The van der Waals surface area contributed by atoms with Crippen molar-refractivity contribution in [3.63, 3.8) is 0 Å². The Labute approximate surface area is 129 Å². The molecule has 22 heavy (non-hydrogen) atoms. The van der Waals surface area contributed by atoms with Gasteiger partial charge in [0.2, 0.25) is 5.95 Å².